The van der Waals surface area contributed by atoms with Crippen molar-refractivity contribution in [1.29, 1.82) is 0 Å². The quantitative estimate of drug-likeness (QED) is 0.745. The summed E-state index contributed by atoms with van der Waals surface area (Å²) in [6.45, 7) is 4.34. The van der Waals surface area contributed by atoms with Gasteiger partial charge in [-0.2, -0.15) is 0 Å². The van der Waals surface area contributed by atoms with Gasteiger partial charge in [0.1, 0.15) is 0 Å². The van der Waals surface area contributed by atoms with Gasteiger partial charge in [0.05, 0.1) is 22.8 Å². The molecule has 5 nitrogen and oxygen atoms in total. The van der Waals surface area contributed by atoms with E-state index in [1.807, 2.05) is 6.92 Å². The molecule has 0 saturated carbocycles. The molecule has 1 rings (SSSR count). The van der Waals surface area contributed by atoms with Gasteiger partial charge in [0.25, 0.3) is 0 Å². The third-order valence-corrected chi connectivity index (χ3v) is 4.72. The standard InChI is InChI=1S/C14H20O5S/c1-3-4-7-19-8-9-20(17,18)13-10-12(14(15)16)6-5-11(13)2/h5-6,10H,3-4,7-9H2,1-2H3,(H,15,16). The molecule has 0 atom stereocenters. The summed E-state index contributed by atoms with van der Waals surface area (Å²) in [4.78, 5) is 11.0. The van der Waals surface area contributed by atoms with Crippen LogP contribution in [0.2, 0.25) is 0 Å². The first-order valence-corrected chi connectivity index (χ1v) is 8.18. The van der Waals surface area contributed by atoms with Crippen LogP contribution in [0.4, 0.5) is 0 Å². The summed E-state index contributed by atoms with van der Waals surface area (Å²) in [5.41, 5.74) is 0.518. The molecule has 1 aromatic rings. The van der Waals surface area contributed by atoms with Crippen molar-refractivity contribution in [2.75, 3.05) is 19.0 Å². The molecule has 1 aromatic carbocycles. The maximum Gasteiger partial charge on any atom is 0.335 e. The molecule has 20 heavy (non-hydrogen) atoms. The van der Waals surface area contributed by atoms with Crippen LogP contribution in [0.5, 0.6) is 0 Å². The zero-order valence-corrected chi connectivity index (χ0v) is 12.6. The Labute approximate surface area is 119 Å². The van der Waals surface area contributed by atoms with Gasteiger partial charge in [-0.05, 0) is 31.0 Å². The van der Waals surface area contributed by atoms with Crippen molar-refractivity contribution in [3.05, 3.63) is 29.3 Å². The fourth-order valence-corrected chi connectivity index (χ4v) is 3.12. The second-order valence-electron chi connectivity index (χ2n) is 4.57. The monoisotopic (exact) mass is 300 g/mol. The number of carboxylic acid groups (broad SMARTS) is 1. The smallest absolute Gasteiger partial charge is 0.335 e. The number of unbranched alkanes of at least 4 members (excludes halogenated alkanes) is 1. The highest BCUT2D eigenvalue weighted by Crippen LogP contribution is 2.18. The highest BCUT2D eigenvalue weighted by Gasteiger charge is 2.19. The van der Waals surface area contributed by atoms with Crippen molar-refractivity contribution >= 4 is 15.8 Å². The van der Waals surface area contributed by atoms with Crippen LogP contribution in [-0.4, -0.2) is 38.5 Å². The van der Waals surface area contributed by atoms with E-state index in [0.717, 1.165) is 12.8 Å². The number of aromatic carboxylic acids is 1. The van der Waals surface area contributed by atoms with Crippen LogP contribution in [0.15, 0.2) is 23.1 Å². The van der Waals surface area contributed by atoms with E-state index in [1.54, 1.807) is 6.92 Å². The predicted octanol–water partition coefficient (Wildman–Crippen LogP) is 2.28. The average Bonchev–Trinajstić information content (AvgIpc) is 2.38. The number of aryl methyl sites for hydroxylation is 1. The van der Waals surface area contributed by atoms with Gasteiger partial charge in [-0.25, -0.2) is 13.2 Å². The maximum absolute atomic E-state index is 12.2. The van der Waals surface area contributed by atoms with Crippen LogP contribution in [-0.2, 0) is 14.6 Å². The Balaban J connectivity index is 2.81. The van der Waals surface area contributed by atoms with E-state index in [0.29, 0.717) is 12.2 Å². The van der Waals surface area contributed by atoms with Crippen LogP contribution in [0, 0.1) is 6.92 Å². The van der Waals surface area contributed by atoms with E-state index in [4.69, 9.17) is 9.84 Å². The maximum atomic E-state index is 12.2. The summed E-state index contributed by atoms with van der Waals surface area (Å²) in [5, 5.41) is 8.92. The zero-order chi connectivity index (χ0) is 15.2. The van der Waals surface area contributed by atoms with Gasteiger partial charge in [0, 0.05) is 6.61 Å². The van der Waals surface area contributed by atoms with Gasteiger partial charge in [0.2, 0.25) is 0 Å². The normalized spacial score (nSPS) is 11.5. The third-order valence-electron chi connectivity index (χ3n) is 2.91. The lowest BCUT2D eigenvalue weighted by molar-refractivity contribution is 0.0696. The third kappa shape index (κ3) is 4.61. The van der Waals surface area contributed by atoms with E-state index < -0.39 is 15.8 Å². The predicted molar refractivity (Wildman–Crippen MR) is 75.9 cm³/mol. The van der Waals surface area contributed by atoms with E-state index in [2.05, 4.69) is 0 Å². The molecule has 0 aliphatic rings. The Hall–Kier alpha value is -1.40. The minimum absolute atomic E-state index is 0.0268. The van der Waals surface area contributed by atoms with Gasteiger partial charge in [-0.3, -0.25) is 0 Å². The molecule has 0 aliphatic carbocycles. The van der Waals surface area contributed by atoms with Gasteiger partial charge in [0.15, 0.2) is 9.84 Å². The molecule has 0 amide bonds. The van der Waals surface area contributed by atoms with E-state index in [9.17, 15) is 13.2 Å². The van der Waals surface area contributed by atoms with E-state index in [-0.39, 0.29) is 22.8 Å². The molecule has 0 heterocycles. The zero-order valence-electron chi connectivity index (χ0n) is 11.8. The summed E-state index contributed by atoms with van der Waals surface area (Å²) in [7, 11) is -3.52. The van der Waals surface area contributed by atoms with Crippen LogP contribution in [0.3, 0.4) is 0 Å². The molecular weight excluding hydrogens is 280 g/mol. The summed E-state index contributed by atoms with van der Waals surface area (Å²) in [5.74, 6) is -1.28. The number of ether oxygens (including phenoxy) is 1. The number of benzene rings is 1. The number of hydrogen-bond donors (Lipinski definition) is 1. The molecule has 1 N–H and O–H groups in total. The molecule has 0 fully saturated rings. The minimum Gasteiger partial charge on any atom is -0.478 e. The Bertz CT molecular complexity index is 563. The molecule has 0 aromatic heterocycles. The van der Waals surface area contributed by atoms with Crippen LogP contribution in [0.25, 0.3) is 0 Å². The van der Waals surface area contributed by atoms with Crippen LogP contribution < -0.4 is 0 Å². The van der Waals surface area contributed by atoms with Crippen molar-refractivity contribution in [2.24, 2.45) is 0 Å². The largest absolute Gasteiger partial charge is 0.478 e. The molecule has 0 radical (unpaired) electrons. The number of hydrogen-bond acceptors (Lipinski definition) is 4. The summed E-state index contributed by atoms with van der Waals surface area (Å²) >= 11 is 0. The molecule has 0 aliphatic heterocycles. The van der Waals surface area contributed by atoms with Gasteiger partial charge in [-0.15, -0.1) is 0 Å². The number of carbonyl (C=O) groups is 1. The molecule has 0 spiro atoms. The Kier molecular flexibility index (Phi) is 6.16. The highest BCUT2D eigenvalue weighted by molar-refractivity contribution is 7.91. The topological polar surface area (TPSA) is 80.7 Å². The average molecular weight is 300 g/mol. The minimum atomic E-state index is -3.52. The lowest BCUT2D eigenvalue weighted by atomic mass is 10.1. The van der Waals surface area contributed by atoms with Gasteiger partial charge in [-0.1, -0.05) is 19.4 Å². The van der Waals surface area contributed by atoms with Crippen molar-refractivity contribution in [2.45, 2.75) is 31.6 Å². The second kappa shape index (κ2) is 7.40. The first-order valence-electron chi connectivity index (χ1n) is 6.53. The molecule has 0 bridgehead atoms. The van der Waals surface area contributed by atoms with E-state index in [1.165, 1.54) is 18.2 Å². The fourth-order valence-electron chi connectivity index (χ4n) is 1.70. The summed E-state index contributed by atoms with van der Waals surface area (Å²) in [6, 6.07) is 4.11. The molecular formula is C14H20O5S. The van der Waals surface area contributed by atoms with Crippen LogP contribution in [0.1, 0.15) is 35.7 Å². The Morgan fingerprint density at radius 1 is 1.30 bits per heavy atom. The van der Waals surface area contributed by atoms with Gasteiger partial charge >= 0.3 is 5.97 Å². The molecule has 0 saturated heterocycles. The van der Waals surface area contributed by atoms with Crippen molar-refractivity contribution < 1.29 is 23.1 Å². The van der Waals surface area contributed by atoms with Gasteiger partial charge < -0.3 is 9.84 Å². The van der Waals surface area contributed by atoms with Crippen molar-refractivity contribution in [3.63, 3.8) is 0 Å². The Morgan fingerprint density at radius 3 is 2.60 bits per heavy atom. The van der Waals surface area contributed by atoms with E-state index >= 15 is 0 Å². The number of rotatable bonds is 8. The summed E-state index contributed by atoms with van der Waals surface area (Å²) < 4.78 is 29.6. The number of sulfone groups is 1. The fraction of sp³-hybridized carbons (Fsp3) is 0.500. The summed E-state index contributed by atoms with van der Waals surface area (Å²) in [6.07, 6.45) is 1.89. The SMILES string of the molecule is CCCCOCCS(=O)(=O)c1cc(C(=O)O)ccc1C. The lowest BCUT2D eigenvalue weighted by Crippen LogP contribution is -2.15. The van der Waals surface area contributed by atoms with Crippen LogP contribution >= 0.6 is 0 Å². The van der Waals surface area contributed by atoms with Crippen molar-refractivity contribution in [1.82, 2.24) is 0 Å². The van der Waals surface area contributed by atoms with Crippen molar-refractivity contribution in [3.8, 4) is 0 Å². The first-order chi connectivity index (χ1) is 9.38. The molecule has 0 unspecified atom stereocenters. The Morgan fingerprint density at radius 2 is 2.00 bits per heavy atom. The number of carboxylic acids is 1. The lowest BCUT2D eigenvalue weighted by Gasteiger charge is -2.09. The first kappa shape index (κ1) is 16.7. The molecule has 6 heteroatoms. The molecule has 112 valence electrons. The highest BCUT2D eigenvalue weighted by atomic mass is 32.2. The second-order valence-corrected chi connectivity index (χ2v) is 6.65.